The topological polar surface area (TPSA) is 15.3 Å². The fourth-order valence-electron chi connectivity index (χ4n) is 3.20. The third-order valence-corrected chi connectivity index (χ3v) is 4.36. The van der Waals surface area contributed by atoms with Gasteiger partial charge in [-0.1, -0.05) is 32.6 Å². The summed E-state index contributed by atoms with van der Waals surface area (Å²) in [6.07, 6.45) is 11.4. The molecule has 2 rings (SSSR count). The maximum absolute atomic E-state index is 3.92. The van der Waals surface area contributed by atoms with Crippen molar-refractivity contribution in [2.75, 3.05) is 19.6 Å². The van der Waals surface area contributed by atoms with Gasteiger partial charge in [0.1, 0.15) is 0 Å². The maximum atomic E-state index is 3.92. The molecule has 1 saturated carbocycles. The van der Waals surface area contributed by atoms with Gasteiger partial charge in [0.2, 0.25) is 0 Å². The molecule has 1 aliphatic carbocycles. The van der Waals surface area contributed by atoms with E-state index in [2.05, 4.69) is 17.1 Å². The lowest BCUT2D eigenvalue weighted by Gasteiger charge is -2.33. The van der Waals surface area contributed by atoms with Crippen LogP contribution in [0.4, 0.5) is 0 Å². The zero-order valence-electron chi connectivity index (χ0n) is 10.9. The first-order chi connectivity index (χ1) is 7.88. The molecule has 0 amide bonds. The fourth-order valence-corrected chi connectivity index (χ4v) is 3.20. The molecule has 1 heterocycles. The van der Waals surface area contributed by atoms with Gasteiger partial charge in [-0.25, -0.2) is 0 Å². The van der Waals surface area contributed by atoms with Crippen LogP contribution in [0, 0.1) is 0 Å². The Kier molecular flexibility index (Phi) is 5.11. The zero-order valence-corrected chi connectivity index (χ0v) is 10.9. The Morgan fingerprint density at radius 3 is 2.00 bits per heavy atom. The van der Waals surface area contributed by atoms with E-state index in [-0.39, 0.29) is 0 Å². The van der Waals surface area contributed by atoms with E-state index in [1.165, 1.54) is 71.0 Å². The van der Waals surface area contributed by atoms with Crippen LogP contribution >= 0.6 is 0 Å². The number of likely N-dealkylation sites (tertiary alicyclic amines) is 1. The Hall–Kier alpha value is -0.0800. The standard InChI is InChI=1S/C14H28N2/c1-2-16-11-9-14(10-12-16)15-13-7-5-3-4-6-8-13/h13-15H,2-12H2,1H3. The normalized spacial score (nSPS) is 26.8. The molecular formula is C14H28N2. The highest BCUT2D eigenvalue weighted by Crippen LogP contribution is 2.19. The molecule has 0 atom stereocenters. The van der Waals surface area contributed by atoms with Crippen LogP contribution in [0.2, 0.25) is 0 Å². The van der Waals surface area contributed by atoms with E-state index >= 15 is 0 Å². The summed E-state index contributed by atoms with van der Waals surface area (Å²) in [5.74, 6) is 0. The lowest BCUT2D eigenvalue weighted by molar-refractivity contribution is 0.196. The van der Waals surface area contributed by atoms with Crippen molar-refractivity contribution in [3.05, 3.63) is 0 Å². The van der Waals surface area contributed by atoms with Crippen molar-refractivity contribution in [1.82, 2.24) is 10.2 Å². The molecule has 1 N–H and O–H groups in total. The van der Waals surface area contributed by atoms with E-state index in [1.54, 1.807) is 0 Å². The highest BCUT2D eigenvalue weighted by Gasteiger charge is 2.21. The van der Waals surface area contributed by atoms with Gasteiger partial charge in [0.05, 0.1) is 0 Å². The fraction of sp³-hybridized carbons (Fsp3) is 1.00. The van der Waals surface area contributed by atoms with Crippen LogP contribution in [0.5, 0.6) is 0 Å². The lowest BCUT2D eigenvalue weighted by Crippen LogP contribution is -2.46. The third-order valence-electron chi connectivity index (χ3n) is 4.36. The number of rotatable bonds is 3. The Balaban J connectivity index is 1.69. The summed E-state index contributed by atoms with van der Waals surface area (Å²) >= 11 is 0. The summed E-state index contributed by atoms with van der Waals surface area (Å²) < 4.78 is 0. The largest absolute Gasteiger partial charge is 0.311 e. The minimum atomic E-state index is 0.811. The first-order valence-electron chi connectivity index (χ1n) is 7.37. The van der Waals surface area contributed by atoms with Gasteiger partial charge in [-0.05, 0) is 45.3 Å². The summed E-state index contributed by atoms with van der Waals surface area (Å²) in [5.41, 5.74) is 0. The van der Waals surface area contributed by atoms with Crippen LogP contribution in [-0.2, 0) is 0 Å². The molecule has 2 fully saturated rings. The van der Waals surface area contributed by atoms with Crippen molar-refractivity contribution in [1.29, 1.82) is 0 Å². The van der Waals surface area contributed by atoms with E-state index in [0.29, 0.717) is 0 Å². The second-order valence-corrected chi connectivity index (χ2v) is 5.56. The number of nitrogens with one attached hydrogen (secondary N) is 1. The molecule has 0 aromatic rings. The van der Waals surface area contributed by atoms with Gasteiger partial charge in [-0.15, -0.1) is 0 Å². The Morgan fingerprint density at radius 2 is 1.44 bits per heavy atom. The van der Waals surface area contributed by atoms with Gasteiger partial charge in [0.25, 0.3) is 0 Å². The highest BCUT2D eigenvalue weighted by molar-refractivity contribution is 4.81. The maximum Gasteiger partial charge on any atom is 0.00940 e. The van der Waals surface area contributed by atoms with Crippen LogP contribution in [-0.4, -0.2) is 36.6 Å². The van der Waals surface area contributed by atoms with Crippen LogP contribution in [0.25, 0.3) is 0 Å². The predicted molar refractivity (Wildman–Crippen MR) is 69.8 cm³/mol. The first kappa shape index (κ1) is 12.4. The molecule has 0 bridgehead atoms. The summed E-state index contributed by atoms with van der Waals surface area (Å²) in [6.45, 7) is 6.12. The first-order valence-corrected chi connectivity index (χ1v) is 7.37. The van der Waals surface area contributed by atoms with Crippen LogP contribution in [0.3, 0.4) is 0 Å². The average Bonchev–Trinajstić information content (AvgIpc) is 2.59. The van der Waals surface area contributed by atoms with Crippen LogP contribution in [0.15, 0.2) is 0 Å². The second kappa shape index (κ2) is 6.61. The van der Waals surface area contributed by atoms with Gasteiger partial charge < -0.3 is 10.2 Å². The van der Waals surface area contributed by atoms with Crippen molar-refractivity contribution in [3.63, 3.8) is 0 Å². The molecule has 2 nitrogen and oxygen atoms in total. The molecule has 94 valence electrons. The summed E-state index contributed by atoms with van der Waals surface area (Å²) in [4.78, 5) is 2.57. The average molecular weight is 224 g/mol. The van der Waals surface area contributed by atoms with Gasteiger partial charge in [-0.2, -0.15) is 0 Å². The third kappa shape index (κ3) is 3.74. The smallest absolute Gasteiger partial charge is 0.00940 e. The predicted octanol–water partition coefficient (Wildman–Crippen LogP) is 2.78. The molecule has 2 heteroatoms. The van der Waals surface area contributed by atoms with E-state index in [0.717, 1.165) is 12.1 Å². The van der Waals surface area contributed by atoms with E-state index in [4.69, 9.17) is 0 Å². The molecule has 0 unspecified atom stereocenters. The lowest BCUT2D eigenvalue weighted by atomic mass is 10.0. The van der Waals surface area contributed by atoms with Crippen LogP contribution < -0.4 is 5.32 Å². The quantitative estimate of drug-likeness (QED) is 0.742. The molecule has 1 saturated heterocycles. The van der Waals surface area contributed by atoms with Crippen molar-refractivity contribution in [3.8, 4) is 0 Å². The SMILES string of the molecule is CCN1CCC(NC2CCCCCC2)CC1. The molecule has 0 spiro atoms. The summed E-state index contributed by atoms with van der Waals surface area (Å²) in [6, 6.07) is 1.64. The molecule has 0 radical (unpaired) electrons. The molecule has 1 aliphatic heterocycles. The minimum Gasteiger partial charge on any atom is -0.311 e. The molecule has 2 aliphatic rings. The highest BCUT2D eigenvalue weighted by atomic mass is 15.1. The Labute approximate surface area is 101 Å². The Bertz CT molecular complexity index is 177. The van der Waals surface area contributed by atoms with Crippen molar-refractivity contribution < 1.29 is 0 Å². The summed E-state index contributed by atoms with van der Waals surface area (Å²) in [7, 11) is 0. The molecule has 16 heavy (non-hydrogen) atoms. The van der Waals surface area contributed by atoms with Gasteiger partial charge in [0.15, 0.2) is 0 Å². The zero-order chi connectivity index (χ0) is 11.2. The molecule has 0 aromatic heterocycles. The molecule has 0 aromatic carbocycles. The van der Waals surface area contributed by atoms with Crippen molar-refractivity contribution >= 4 is 0 Å². The van der Waals surface area contributed by atoms with Crippen LogP contribution in [0.1, 0.15) is 58.3 Å². The summed E-state index contributed by atoms with van der Waals surface area (Å²) in [5, 5.41) is 3.92. The number of hydrogen-bond donors (Lipinski definition) is 1. The van der Waals surface area contributed by atoms with Gasteiger partial charge >= 0.3 is 0 Å². The minimum absolute atomic E-state index is 0.811. The number of piperidine rings is 1. The number of hydrogen-bond acceptors (Lipinski definition) is 2. The number of nitrogens with zero attached hydrogens (tertiary/aromatic N) is 1. The second-order valence-electron chi connectivity index (χ2n) is 5.56. The van der Waals surface area contributed by atoms with E-state index < -0.39 is 0 Å². The monoisotopic (exact) mass is 224 g/mol. The van der Waals surface area contributed by atoms with E-state index in [9.17, 15) is 0 Å². The van der Waals surface area contributed by atoms with Gasteiger partial charge in [0, 0.05) is 12.1 Å². The van der Waals surface area contributed by atoms with Crippen molar-refractivity contribution in [2.45, 2.75) is 70.4 Å². The van der Waals surface area contributed by atoms with Gasteiger partial charge in [-0.3, -0.25) is 0 Å². The van der Waals surface area contributed by atoms with E-state index in [1.807, 2.05) is 0 Å². The Morgan fingerprint density at radius 1 is 0.875 bits per heavy atom. The molecular weight excluding hydrogens is 196 g/mol. The van der Waals surface area contributed by atoms with Crippen molar-refractivity contribution in [2.24, 2.45) is 0 Å².